The number of nitrogens with one attached hydrogen (secondary N) is 2. The first-order chi connectivity index (χ1) is 9.98. The lowest BCUT2D eigenvalue weighted by atomic mass is 9.90. The van der Waals surface area contributed by atoms with Crippen molar-refractivity contribution in [2.24, 2.45) is 0 Å². The number of carbonyl (C=O) groups excluding carboxylic acids is 1. The number of rotatable bonds is 5. The van der Waals surface area contributed by atoms with Gasteiger partial charge in [-0.3, -0.25) is 4.79 Å². The summed E-state index contributed by atoms with van der Waals surface area (Å²) in [6, 6.07) is 6.08. The summed E-state index contributed by atoms with van der Waals surface area (Å²) < 4.78 is 0. The number of hydrogen-bond acceptors (Lipinski definition) is 3. The van der Waals surface area contributed by atoms with Gasteiger partial charge in [-0.15, -0.1) is 0 Å². The first-order valence-electron chi connectivity index (χ1n) is 7.83. The maximum absolute atomic E-state index is 12.7. The van der Waals surface area contributed by atoms with E-state index in [0.717, 1.165) is 43.6 Å². The molecule has 116 valence electrons. The average molecular weight is 289 g/mol. The highest BCUT2D eigenvalue weighted by Gasteiger charge is 2.39. The van der Waals surface area contributed by atoms with Gasteiger partial charge < -0.3 is 15.5 Å². The predicted octanol–water partition coefficient (Wildman–Crippen LogP) is 2.92. The van der Waals surface area contributed by atoms with Gasteiger partial charge in [-0.1, -0.05) is 19.4 Å². The minimum Gasteiger partial charge on any atom is -0.377 e. The van der Waals surface area contributed by atoms with Crippen LogP contribution in [0.25, 0.3) is 0 Å². The lowest BCUT2D eigenvalue weighted by Crippen LogP contribution is -2.50. The third-order valence-corrected chi connectivity index (χ3v) is 4.30. The molecule has 2 N–H and O–H groups in total. The predicted molar refractivity (Wildman–Crippen MR) is 89.0 cm³/mol. The smallest absolute Gasteiger partial charge is 0.244 e. The number of carbonyl (C=O) groups is 1. The minimum atomic E-state index is -0.377. The highest BCUT2D eigenvalue weighted by Crippen LogP contribution is 2.28. The quantitative estimate of drug-likeness (QED) is 0.876. The van der Waals surface area contributed by atoms with Crippen LogP contribution in [0.15, 0.2) is 18.2 Å². The summed E-state index contributed by atoms with van der Waals surface area (Å²) in [5.74, 6) is 0.107. The van der Waals surface area contributed by atoms with Crippen molar-refractivity contribution in [2.45, 2.75) is 45.1 Å². The van der Waals surface area contributed by atoms with Crippen LogP contribution in [0.1, 0.15) is 38.2 Å². The second kappa shape index (κ2) is 6.48. The summed E-state index contributed by atoms with van der Waals surface area (Å²) in [7, 11) is 4.04. The molecule has 4 nitrogen and oxygen atoms in total. The molecule has 0 radical (unpaired) electrons. The average Bonchev–Trinajstić information content (AvgIpc) is 2.91. The molecule has 21 heavy (non-hydrogen) atoms. The summed E-state index contributed by atoms with van der Waals surface area (Å²) in [4.78, 5) is 14.8. The molecule has 0 spiro atoms. The Bertz CT molecular complexity index is 505. The van der Waals surface area contributed by atoms with Gasteiger partial charge in [0.1, 0.15) is 0 Å². The molecular formula is C17H27N3O. The van der Waals surface area contributed by atoms with E-state index in [2.05, 4.69) is 35.4 Å². The second-order valence-electron chi connectivity index (χ2n) is 6.21. The van der Waals surface area contributed by atoms with Crippen LogP contribution >= 0.6 is 0 Å². The molecule has 0 bridgehead atoms. The standard InChI is InChI=1S/C17H27N3O/c1-5-9-17(10-6-11-18-17)16(21)19-14-8-7-13(2)15(12-14)20(3)4/h7-8,12,18H,5-6,9-11H2,1-4H3,(H,19,21). The molecule has 4 heteroatoms. The van der Waals surface area contributed by atoms with Crippen molar-refractivity contribution in [3.05, 3.63) is 23.8 Å². The number of benzene rings is 1. The van der Waals surface area contributed by atoms with Gasteiger partial charge in [0.2, 0.25) is 5.91 Å². The monoisotopic (exact) mass is 289 g/mol. The Morgan fingerprint density at radius 3 is 2.76 bits per heavy atom. The molecule has 1 unspecified atom stereocenters. The van der Waals surface area contributed by atoms with Gasteiger partial charge in [0.25, 0.3) is 0 Å². The highest BCUT2D eigenvalue weighted by molar-refractivity contribution is 5.98. The zero-order chi connectivity index (χ0) is 15.5. The van der Waals surface area contributed by atoms with Crippen LogP contribution in [0.5, 0.6) is 0 Å². The molecular weight excluding hydrogens is 262 g/mol. The van der Waals surface area contributed by atoms with Gasteiger partial charge in [0, 0.05) is 25.5 Å². The third kappa shape index (κ3) is 3.38. The fourth-order valence-corrected chi connectivity index (χ4v) is 3.17. The fraction of sp³-hybridized carbons (Fsp3) is 0.588. The maximum Gasteiger partial charge on any atom is 0.244 e. The van der Waals surface area contributed by atoms with Gasteiger partial charge in [-0.2, -0.15) is 0 Å². The molecule has 0 aliphatic carbocycles. The lowest BCUT2D eigenvalue weighted by molar-refractivity contribution is -0.122. The van der Waals surface area contributed by atoms with E-state index in [1.54, 1.807) is 0 Å². The van der Waals surface area contributed by atoms with Gasteiger partial charge in [0.15, 0.2) is 0 Å². The molecule has 1 amide bonds. The van der Waals surface area contributed by atoms with E-state index in [1.807, 2.05) is 26.2 Å². The first-order valence-corrected chi connectivity index (χ1v) is 7.83. The normalized spacial score (nSPS) is 21.3. The van der Waals surface area contributed by atoms with Crippen molar-refractivity contribution in [2.75, 3.05) is 30.9 Å². The largest absolute Gasteiger partial charge is 0.377 e. The summed E-state index contributed by atoms with van der Waals surface area (Å²) in [5.41, 5.74) is 2.84. The lowest BCUT2D eigenvalue weighted by Gasteiger charge is -2.28. The van der Waals surface area contributed by atoms with Crippen LogP contribution in [0.3, 0.4) is 0 Å². The summed E-state index contributed by atoms with van der Waals surface area (Å²) in [5, 5.41) is 6.52. The molecule has 1 saturated heterocycles. The molecule has 1 heterocycles. The number of aryl methyl sites for hydroxylation is 1. The zero-order valence-corrected chi connectivity index (χ0v) is 13.6. The van der Waals surface area contributed by atoms with Crippen molar-refractivity contribution >= 4 is 17.3 Å². The number of amides is 1. The van der Waals surface area contributed by atoms with Crippen molar-refractivity contribution in [1.82, 2.24) is 5.32 Å². The topological polar surface area (TPSA) is 44.4 Å². The van der Waals surface area contributed by atoms with Gasteiger partial charge in [0.05, 0.1) is 5.54 Å². The molecule has 1 aliphatic heterocycles. The van der Waals surface area contributed by atoms with Crippen molar-refractivity contribution < 1.29 is 4.79 Å². The number of hydrogen-bond donors (Lipinski definition) is 2. The second-order valence-corrected chi connectivity index (χ2v) is 6.21. The van der Waals surface area contributed by atoms with E-state index in [1.165, 1.54) is 5.56 Å². The Kier molecular flexibility index (Phi) is 4.88. The zero-order valence-electron chi connectivity index (χ0n) is 13.6. The number of anilines is 2. The maximum atomic E-state index is 12.7. The molecule has 2 rings (SSSR count). The molecule has 0 saturated carbocycles. The Labute approximate surface area is 127 Å². The summed E-state index contributed by atoms with van der Waals surface area (Å²) in [6.07, 6.45) is 3.91. The van der Waals surface area contributed by atoms with E-state index in [9.17, 15) is 4.79 Å². The Hall–Kier alpha value is -1.55. The van der Waals surface area contributed by atoms with Crippen LogP contribution in [0.4, 0.5) is 11.4 Å². The van der Waals surface area contributed by atoms with Crippen molar-refractivity contribution in [1.29, 1.82) is 0 Å². The number of nitrogens with zero attached hydrogens (tertiary/aromatic N) is 1. The molecule has 0 aromatic heterocycles. The van der Waals surface area contributed by atoms with Crippen LogP contribution in [-0.2, 0) is 4.79 Å². The van der Waals surface area contributed by atoms with E-state index in [-0.39, 0.29) is 11.4 Å². The van der Waals surface area contributed by atoms with Crippen molar-refractivity contribution in [3.63, 3.8) is 0 Å². The molecule has 1 aromatic carbocycles. The van der Waals surface area contributed by atoms with E-state index < -0.39 is 0 Å². The van der Waals surface area contributed by atoms with Crippen LogP contribution < -0.4 is 15.5 Å². The van der Waals surface area contributed by atoms with Crippen LogP contribution in [0, 0.1) is 6.92 Å². The van der Waals surface area contributed by atoms with Crippen LogP contribution in [0.2, 0.25) is 0 Å². The van der Waals surface area contributed by atoms with E-state index in [0.29, 0.717) is 0 Å². The highest BCUT2D eigenvalue weighted by atomic mass is 16.2. The Balaban J connectivity index is 2.17. The molecule has 1 atom stereocenters. The van der Waals surface area contributed by atoms with Crippen molar-refractivity contribution in [3.8, 4) is 0 Å². The molecule has 1 aliphatic rings. The SMILES string of the molecule is CCCC1(C(=O)Nc2ccc(C)c(N(C)C)c2)CCCN1. The fourth-order valence-electron chi connectivity index (χ4n) is 3.17. The van der Waals surface area contributed by atoms with E-state index >= 15 is 0 Å². The third-order valence-electron chi connectivity index (χ3n) is 4.30. The van der Waals surface area contributed by atoms with Gasteiger partial charge in [-0.05, 0) is 50.4 Å². The van der Waals surface area contributed by atoms with Gasteiger partial charge in [-0.25, -0.2) is 0 Å². The Morgan fingerprint density at radius 2 is 2.19 bits per heavy atom. The summed E-state index contributed by atoms with van der Waals surface area (Å²) >= 11 is 0. The molecule has 1 fully saturated rings. The van der Waals surface area contributed by atoms with Gasteiger partial charge >= 0.3 is 0 Å². The van der Waals surface area contributed by atoms with Crippen LogP contribution in [-0.4, -0.2) is 32.1 Å². The minimum absolute atomic E-state index is 0.107. The van der Waals surface area contributed by atoms with E-state index in [4.69, 9.17) is 0 Å². The molecule has 1 aromatic rings. The Morgan fingerprint density at radius 1 is 1.43 bits per heavy atom. The summed E-state index contributed by atoms with van der Waals surface area (Å²) in [6.45, 7) is 5.15. The first kappa shape index (κ1) is 15.8.